The first kappa shape index (κ1) is 13.2. The summed E-state index contributed by atoms with van der Waals surface area (Å²) in [6, 6.07) is 8.60. The zero-order valence-electron chi connectivity index (χ0n) is 11.5. The number of anilines is 2. The van der Waals surface area contributed by atoms with E-state index >= 15 is 0 Å². The Morgan fingerprint density at radius 1 is 1.22 bits per heavy atom. The summed E-state index contributed by atoms with van der Waals surface area (Å²) in [7, 11) is 4.12. The molecule has 0 bridgehead atoms. The Labute approximate surface area is 110 Å². The smallest absolute Gasteiger partial charge is 0.0468 e. The van der Waals surface area contributed by atoms with Crippen LogP contribution in [0.2, 0.25) is 0 Å². The first-order chi connectivity index (χ1) is 8.79. The van der Waals surface area contributed by atoms with Gasteiger partial charge in [-0.15, -0.1) is 0 Å². The maximum atomic E-state index is 5.40. The van der Waals surface area contributed by atoms with Gasteiger partial charge in [-0.25, -0.2) is 0 Å². The monoisotopic (exact) mass is 248 g/mol. The zero-order chi connectivity index (χ0) is 12.8. The summed E-state index contributed by atoms with van der Waals surface area (Å²) in [6.07, 6.45) is 3.73. The summed E-state index contributed by atoms with van der Waals surface area (Å²) in [5.41, 5.74) is 2.46. The lowest BCUT2D eigenvalue weighted by molar-refractivity contribution is 0.0645. The standard InChI is InChI=1S/C15H24N2O/c1-16-14-3-5-15(6-4-14)17(2)10-7-13-8-11-18-12-9-13/h3-6,13,16H,7-12H2,1-2H3. The lowest BCUT2D eigenvalue weighted by atomic mass is 9.96. The van der Waals surface area contributed by atoms with Crippen molar-refractivity contribution in [3.63, 3.8) is 0 Å². The number of nitrogens with zero attached hydrogens (tertiary/aromatic N) is 1. The molecule has 0 amide bonds. The van der Waals surface area contributed by atoms with Gasteiger partial charge in [0, 0.05) is 45.2 Å². The molecule has 18 heavy (non-hydrogen) atoms. The van der Waals surface area contributed by atoms with Gasteiger partial charge in [0.1, 0.15) is 0 Å². The molecule has 1 aliphatic rings. The van der Waals surface area contributed by atoms with Gasteiger partial charge in [-0.1, -0.05) is 0 Å². The molecule has 0 saturated carbocycles. The van der Waals surface area contributed by atoms with Crippen LogP contribution in [0.1, 0.15) is 19.3 Å². The second-order valence-electron chi connectivity index (χ2n) is 5.06. The molecule has 1 aliphatic heterocycles. The molecule has 1 heterocycles. The number of benzene rings is 1. The number of hydrogen-bond donors (Lipinski definition) is 1. The maximum Gasteiger partial charge on any atom is 0.0468 e. The van der Waals surface area contributed by atoms with E-state index in [1.165, 1.54) is 24.9 Å². The van der Waals surface area contributed by atoms with Crippen LogP contribution in [-0.2, 0) is 4.74 Å². The molecule has 100 valence electrons. The molecule has 1 fully saturated rings. The van der Waals surface area contributed by atoms with Crippen molar-refractivity contribution in [1.82, 2.24) is 0 Å². The van der Waals surface area contributed by atoms with Crippen LogP contribution in [0.15, 0.2) is 24.3 Å². The third kappa shape index (κ3) is 3.64. The first-order valence-corrected chi connectivity index (χ1v) is 6.86. The molecule has 0 aliphatic carbocycles. The fourth-order valence-corrected chi connectivity index (χ4v) is 2.42. The van der Waals surface area contributed by atoms with Gasteiger partial charge in [0.05, 0.1) is 0 Å². The van der Waals surface area contributed by atoms with Crippen LogP contribution in [0.5, 0.6) is 0 Å². The molecule has 2 rings (SSSR count). The van der Waals surface area contributed by atoms with Crippen molar-refractivity contribution in [3.05, 3.63) is 24.3 Å². The summed E-state index contributed by atoms with van der Waals surface area (Å²) in [5, 5.41) is 3.14. The summed E-state index contributed by atoms with van der Waals surface area (Å²) in [4.78, 5) is 2.34. The minimum Gasteiger partial charge on any atom is -0.388 e. The van der Waals surface area contributed by atoms with Gasteiger partial charge in [-0.2, -0.15) is 0 Å². The predicted molar refractivity (Wildman–Crippen MR) is 77.4 cm³/mol. The molecule has 3 nitrogen and oxygen atoms in total. The predicted octanol–water partition coefficient (Wildman–Crippen LogP) is 2.98. The SMILES string of the molecule is CNc1ccc(N(C)CCC2CCOCC2)cc1. The van der Waals surface area contributed by atoms with Gasteiger partial charge in [-0.05, 0) is 49.4 Å². The van der Waals surface area contributed by atoms with Crippen LogP contribution < -0.4 is 10.2 Å². The van der Waals surface area contributed by atoms with E-state index in [2.05, 4.69) is 41.5 Å². The summed E-state index contributed by atoms with van der Waals surface area (Å²) < 4.78 is 5.40. The maximum absolute atomic E-state index is 5.40. The van der Waals surface area contributed by atoms with E-state index in [1.807, 2.05) is 7.05 Å². The van der Waals surface area contributed by atoms with E-state index in [0.717, 1.165) is 31.4 Å². The van der Waals surface area contributed by atoms with E-state index in [4.69, 9.17) is 4.74 Å². The average molecular weight is 248 g/mol. The Hall–Kier alpha value is -1.22. The van der Waals surface area contributed by atoms with Crippen molar-refractivity contribution >= 4 is 11.4 Å². The van der Waals surface area contributed by atoms with Gasteiger partial charge >= 0.3 is 0 Å². The minimum absolute atomic E-state index is 0.845. The molecule has 0 radical (unpaired) electrons. The van der Waals surface area contributed by atoms with Crippen LogP contribution in [-0.4, -0.2) is 33.9 Å². The van der Waals surface area contributed by atoms with Crippen molar-refractivity contribution in [2.75, 3.05) is 44.1 Å². The molecule has 1 aromatic carbocycles. The number of nitrogens with one attached hydrogen (secondary N) is 1. The van der Waals surface area contributed by atoms with E-state index in [0.29, 0.717) is 0 Å². The Balaban J connectivity index is 1.80. The third-order valence-corrected chi connectivity index (χ3v) is 3.81. The largest absolute Gasteiger partial charge is 0.388 e. The molecular weight excluding hydrogens is 224 g/mol. The van der Waals surface area contributed by atoms with Crippen LogP contribution >= 0.6 is 0 Å². The highest BCUT2D eigenvalue weighted by molar-refractivity contribution is 5.54. The second kappa shape index (κ2) is 6.64. The molecule has 0 unspecified atom stereocenters. The van der Waals surface area contributed by atoms with E-state index in [9.17, 15) is 0 Å². The van der Waals surface area contributed by atoms with Crippen LogP contribution in [0.25, 0.3) is 0 Å². The van der Waals surface area contributed by atoms with Gasteiger partial charge in [0.15, 0.2) is 0 Å². The highest BCUT2D eigenvalue weighted by Crippen LogP contribution is 2.21. The second-order valence-corrected chi connectivity index (χ2v) is 5.06. The number of hydrogen-bond acceptors (Lipinski definition) is 3. The summed E-state index contributed by atoms with van der Waals surface area (Å²) >= 11 is 0. The molecule has 1 N–H and O–H groups in total. The van der Waals surface area contributed by atoms with Gasteiger partial charge in [-0.3, -0.25) is 0 Å². The molecule has 1 aromatic rings. The van der Waals surface area contributed by atoms with Crippen molar-refractivity contribution in [2.24, 2.45) is 5.92 Å². The lowest BCUT2D eigenvalue weighted by Gasteiger charge is -2.26. The fourth-order valence-electron chi connectivity index (χ4n) is 2.42. The molecule has 1 saturated heterocycles. The Morgan fingerprint density at radius 3 is 2.50 bits per heavy atom. The highest BCUT2D eigenvalue weighted by Gasteiger charge is 2.14. The van der Waals surface area contributed by atoms with Crippen molar-refractivity contribution < 1.29 is 4.74 Å². The number of ether oxygens (including phenoxy) is 1. The van der Waals surface area contributed by atoms with Gasteiger partial charge in [0.25, 0.3) is 0 Å². The minimum atomic E-state index is 0.845. The molecule has 3 heteroatoms. The Kier molecular flexibility index (Phi) is 4.88. The Morgan fingerprint density at radius 2 is 1.89 bits per heavy atom. The topological polar surface area (TPSA) is 24.5 Å². The average Bonchev–Trinajstić information content (AvgIpc) is 2.46. The molecule has 0 atom stereocenters. The van der Waals surface area contributed by atoms with Crippen molar-refractivity contribution in [3.8, 4) is 0 Å². The van der Waals surface area contributed by atoms with Gasteiger partial charge < -0.3 is 15.0 Å². The number of rotatable bonds is 5. The quantitative estimate of drug-likeness (QED) is 0.867. The van der Waals surface area contributed by atoms with E-state index < -0.39 is 0 Å². The third-order valence-electron chi connectivity index (χ3n) is 3.81. The van der Waals surface area contributed by atoms with E-state index in [-0.39, 0.29) is 0 Å². The Bertz CT molecular complexity index is 344. The van der Waals surface area contributed by atoms with Crippen LogP contribution in [0.3, 0.4) is 0 Å². The lowest BCUT2D eigenvalue weighted by Crippen LogP contribution is -2.24. The van der Waals surface area contributed by atoms with E-state index in [1.54, 1.807) is 0 Å². The zero-order valence-corrected chi connectivity index (χ0v) is 11.5. The summed E-state index contributed by atoms with van der Waals surface area (Å²) in [6.45, 7) is 3.03. The van der Waals surface area contributed by atoms with Crippen molar-refractivity contribution in [1.29, 1.82) is 0 Å². The highest BCUT2D eigenvalue weighted by atomic mass is 16.5. The van der Waals surface area contributed by atoms with Crippen molar-refractivity contribution in [2.45, 2.75) is 19.3 Å². The van der Waals surface area contributed by atoms with Crippen LogP contribution in [0, 0.1) is 5.92 Å². The summed E-state index contributed by atoms with van der Waals surface area (Å²) in [5.74, 6) is 0.845. The molecule has 0 spiro atoms. The first-order valence-electron chi connectivity index (χ1n) is 6.86. The van der Waals surface area contributed by atoms with Gasteiger partial charge in [0.2, 0.25) is 0 Å². The molecular formula is C15H24N2O. The normalized spacial score (nSPS) is 16.6. The fraction of sp³-hybridized carbons (Fsp3) is 0.600. The molecule has 0 aromatic heterocycles. The van der Waals surface area contributed by atoms with Crippen LogP contribution in [0.4, 0.5) is 11.4 Å².